The largest absolute Gasteiger partial charge is 0.454 e. The maximum Gasteiger partial charge on any atom is 0.326 e. The average Bonchev–Trinajstić information content (AvgIpc) is 2.84. The Morgan fingerprint density at radius 3 is 2.37 bits per heavy atom. The summed E-state index contributed by atoms with van der Waals surface area (Å²) in [5.41, 5.74) is 0.719. The predicted molar refractivity (Wildman–Crippen MR) is 99.1 cm³/mol. The molecule has 146 valence electrons. The zero-order valence-electron chi connectivity index (χ0n) is 16.0. The third-order valence-electron chi connectivity index (χ3n) is 4.56. The summed E-state index contributed by atoms with van der Waals surface area (Å²) in [5.74, 6) is -1.43. The minimum absolute atomic E-state index is 0.385. The van der Waals surface area contributed by atoms with Crippen LogP contribution in [0.5, 0.6) is 0 Å². The van der Waals surface area contributed by atoms with Gasteiger partial charge in [0.25, 0.3) is 11.8 Å². The van der Waals surface area contributed by atoms with E-state index in [9.17, 15) is 19.2 Å². The van der Waals surface area contributed by atoms with Gasteiger partial charge in [0.1, 0.15) is 12.1 Å². The van der Waals surface area contributed by atoms with E-state index in [2.05, 4.69) is 24.5 Å². The molecule has 27 heavy (non-hydrogen) atoms. The molecule has 2 rings (SSSR count). The highest BCUT2D eigenvalue weighted by Gasteiger charge is 2.47. The van der Waals surface area contributed by atoms with Gasteiger partial charge in [-0.1, -0.05) is 32.9 Å². The maximum absolute atomic E-state index is 12.2. The summed E-state index contributed by atoms with van der Waals surface area (Å²) in [7, 11) is 0. The molecule has 0 saturated carbocycles. The first kappa shape index (κ1) is 20.4. The molecule has 1 fully saturated rings. The first-order valence-electron chi connectivity index (χ1n) is 8.86. The Hall–Kier alpha value is -2.90. The van der Waals surface area contributed by atoms with E-state index in [-0.39, 0.29) is 0 Å². The molecule has 1 saturated heterocycles. The fourth-order valence-corrected chi connectivity index (χ4v) is 2.60. The van der Waals surface area contributed by atoms with E-state index in [4.69, 9.17) is 4.74 Å². The highest BCUT2D eigenvalue weighted by atomic mass is 16.5. The van der Waals surface area contributed by atoms with Crippen LogP contribution >= 0.6 is 0 Å². The van der Waals surface area contributed by atoms with Gasteiger partial charge in [-0.25, -0.2) is 4.79 Å². The molecular formula is C19H25N3O5. The standard InChI is InChI=1S/C19H25N3O5/c1-5-19(4)17(25)22(18(26)21-19)10-16(24)27-11-15(23)20-14-8-6-13(7-9-14)12(2)3/h6-9,12H,5,10-11H2,1-4H3,(H,20,23)(H,21,26)/t19-/m1/s1. The number of hydrogen-bond acceptors (Lipinski definition) is 5. The molecule has 8 nitrogen and oxygen atoms in total. The number of esters is 1. The van der Waals surface area contributed by atoms with Crippen LogP contribution in [0.1, 0.15) is 45.6 Å². The van der Waals surface area contributed by atoms with E-state index in [0.717, 1.165) is 10.5 Å². The van der Waals surface area contributed by atoms with E-state index in [1.807, 2.05) is 12.1 Å². The third-order valence-corrected chi connectivity index (χ3v) is 4.56. The number of carbonyl (C=O) groups excluding carboxylic acids is 4. The molecule has 1 heterocycles. The molecule has 1 aliphatic heterocycles. The molecule has 0 radical (unpaired) electrons. The van der Waals surface area contributed by atoms with Crippen molar-refractivity contribution < 1.29 is 23.9 Å². The van der Waals surface area contributed by atoms with E-state index < -0.39 is 42.5 Å². The van der Waals surface area contributed by atoms with Crippen molar-refractivity contribution in [2.24, 2.45) is 0 Å². The van der Waals surface area contributed by atoms with Gasteiger partial charge in [-0.2, -0.15) is 0 Å². The lowest BCUT2D eigenvalue weighted by molar-refractivity contribution is -0.150. The van der Waals surface area contributed by atoms with Gasteiger partial charge in [-0.05, 0) is 37.0 Å². The number of carbonyl (C=O) groups is 4. The fourth-order valence-electron chi connectivity index (χ4n) is 2.60. The second-order valence-corrected chi connectivity index (χ2v) is 6.99. The summed E-state index contributed by atoms with van der Waals surface area (Å²) in [6, 6.07) is 6.72. The Balaban J connectivity index is 1.82. The lowest BCUT2D eigenvalue weighted by atomic mass is 9.99. The number of nitrogens with zero attached hydrogens (tertiary/aromatic N) is 1. The number of anilines is 1. The van der Waals surface area contributed by atoms with Crippen molar-refractivity contribution >= 4 is 29.5 Å². The normalized spacial score (nSPS) is 19.2. The van der Waals surface area contributed by atoms with Crippen molar-refractivity contribution in [3.05, 3.63) is 29.8 Å². The van der Waals surface area contributed by atoms with Gasteiger partial charge in [0.2, 0.25) is 0 Å². The van der Waals surface area contributed by atoms with Gasteiger partial charge in [0.05, 0.1) is 0 Å². The maximum atomic E-state index is 12.2. The van der Waals surface area contributed by atoms with Gasteiger partial charge in [0, 0.05) is 5.69 Å². The molecule has 0 spiro atoms. The molecule has 8 heteroatoms. The van der Waals surface area contributed by atoms with E-state index in [1.165, 1.54) is 0 Å². The first-order valence-corrected chi connectivity index (χ1v) is 8.86. The van der Waals surface area contributed by atoms with Gasteiger partial charge in [0.15, 0.2) is 6.61 Å². The van der Waals surface area contributed by atoms with Gasteiger partial charge in [-0.3, -0.25) is 19.3 Å². The monoisotopic (exact) mass is 375 g/mol. The van der Waals surface area contributed by atoms with Crippen LogP contribution in [0, 0.1) is 0 Å². The van der Waals surface area contributed by atoms with Crippen molar-refractivity contribution in [1.29, 1.82) is 0 Å². The molecular weight excluding hydrogens is 350 g/mol. The minimum Gasteiger partial charge on any atom is -0.454 e. The molecule has 0 bridgehead atoms. The molecule has 1 aliphatic rings. The summed E-state index contributed by atoms with van der Waals surface area (Å²) >= 11 is 0. The highest BCUT2D eigenvalue weighted by Crippen LogP contribution is 2.20. The summed E-state index contributed by atoms with van der Waals surface area (Å²) < 4.78 is 4.87. The van der Waals surface area contributed by atoms with Crippen molar-refractivity contribution in [2.75, 3.05) is 18.5 Å². The van der Waals surface area contributed by atoms with E-state index in [0.29, 0.717) is 18.0 Å². The van der Waals surface area contributed by atoms with Gasteiger partial charge in [-0.15, -0.1) is 0 Å². The van der Waals surface area contributed by atoms with Crippen LogP contribution in [-0.2, 0) is 19.1 Å². The Kier molecular flexibility index (Phi) is 6.20. The molecule has 2 N–H and O–H groups in total. The van der Waals surface area contributed by atoms with E-state index >= 15 is 0 Å². The van der Waals surface area contributed by atoms with Gasteiger partial charge < -0.3 is 15.4 Å². The quantitative estimate of drug-likeness (QED) is 0.560. The summed E-state index contributed by atoms with van der Waals surface area (Å²) in [6.45, 7) is 6.47. The van der Waals surface area contributed by atoms with Crippen molar-refractivity contribution in [2.45, 2.75) is 45.6 Å². The first-order chi connectivity index (χ1) is 12.7. The van der Waals surface area contributed by atoms with Gasteiger partial charge >= 0.3 is 12.0 Å². The lowest BCUT2D eigenvalue weighted by Crippen LogP contribution is -2.43. The summed E-state index contributed by atoms with van der Waals surface area (Å²) in [5, 5.41) is 5.17. The van der Waals surface area contributed by atoms with Crippen LogP contribution in [0.15, 0.2) is 24.3 Å². The number of ether oxygens (including phenoxy) is 1. The number of benzene rings is 1. The molecule has 1 atom stereocenters. The Bertz CT molecular complexity index is 744. The molecule has 0 unspecified atom stereocenters. The number of imide groups is 1. The summed E-state index contributed by atoms with van der Waals surface area (Å²) in [6.07, 6.45) is 0.404. The van der Waals surface area contributed by atoms with Crippen LogP contribution in [-0.4, -0.2) is 47.4 Å². The molecule has 0 aliphatic carbocycles. The average molecular weight is 375 g/mol. The zero-order chi connectivity index (χ0) is 20.2. The van der Waals surface area contributed by atoms with Crippen LogP contribution in [0.25, 0.3) is 0 Å². The smallest absolute Gasteiger partial charge is 0.326 e. The number of nitrogens with one attached hydrogen (secondary N) is 2. The highest BCUT2D eigenvalue weighted by molar-refractivity contribution is 6.08. The minimum atomic E-state index is -1.02. The zero-order valence-corrected chi connectivity index (χ0v) is 16.0. The number of rotatable bonds is 7. The topological polar surface area (TPSA) is 105 Å². The lowest BCUT2D eigenvalue weighted by Gasteiger charge is -2.18. The SMILES string of the molecule is CC[C@@]1(C)NC(=O)N(CC(=O)OCC(=O)Nc2ccc(C(C)C)cc2)C1=O. The Morgan fingerprint density at radius 2 is 1.85 bits per heavy atom. The van der Waals surface area contributed by atoms with Crippen LogP contribution < -0.4 is 10.6 Å². The molecule has 0 aromatic heterocycles. The van der Waals surface area contributed by atoms with Crippen molar-refractivity contribution in [1.82, 2.24) is 10.2 Å². The predicted octanol–water partition coefficient (Wildman–Crippen LogP) is 2.01. The van der Waals surface area contributed by atoms with Crippen molar-refractivity contribution in [3.8, 4) is 0 Å². The van der Waals surface area contributed by atoms with Crippen LogP contribution in [0.3, 0.4) is 0 Å². The molecule has 1 aromatic rings. The van der Waals surface area contributed by atoms with Crippen LogP contribution in [0.4, 0.5) is 10.5 Å². The van der Waals surface area contributed by atoms with E-state index in [1.54, 1.807) is 26.0 Å². The van der Waals surface area contributed by atoms with Crippen LogP contribution in [0.2, 0.25) is 0 Å². The second kappa shape index (κ2) is 8.20. The Morgan fingerprint density at radius 1 is 1.22 bits per heavy atom. The van der Waals surface area contributed by atoms with Crippen molar-refractivity contribution in [3.63, 3.8) is 0 Å². The molecule has 4 amide bonds. The second-order valence-electron chi connectivity index (χ2n) is 6.99. The summed E-state index contributed by atoms with van der Waals surface area (Å²) in [4.78, 5) is 48.7. The molecule has 1 aromatic carbocycles. The Labute approximate surface area is 158 Å². The number of amides is 4. The number of urea groups is 1. The fraction of sp³-hybridized carbons (Fsp3) is 0.474. The third kappa shape index (κ3) is 4.84. The number of hydrogen-bond donors (Lipinski definition) is 2.